The highest BCUT2D eigenvalue weighted by Crippen LogP contribution is 2.39. The molecule has 0 unspecified atom stereocenters. The van der Waals surface area contributed by atoms with Crippen LogP contribution in [0.1, 0.15) is 0 Å². The van der Waals surface area contributed by atoms with Gasteiger partial charge in [-0.3, -0.25) is 0 Å². The van der Waals surface area contributed by atoms with Crippen LogP contribution < -0.4 is 0 Å². The van der Waals surface area contributed by atoms with E-state index in [-0.39, 0.29) is 0 Å². The Kier molecular flexibility index (Phi) is 8.48. The van der Waals surface area contributed by atoms with E-state index in [0.717, 1.165) is 72.0 Å². The van der Waals surface area contributed by atoms with Gasteiger partial charge in [-0.05, 0) is 68.8 Å². The second kappa shape index (κ2) is 14.4. The average molecular weight is 729 g/mol. The number of nitrogens with zero attached hydrogens (tertiary/aromatic N) is 4. The molecule has 0 aliphatic rings. The van der Waals surface area contributed by atoms with Crippen molar-refractivity contribution in [3.8, 4) is 78.7 Å². The van der Waals surface area contributed by atoms with E-state index in [9.17, 15) is 0 Å². The van der Waals surface area contributed by atoms with Gasteiger partial charge in [0.15, 0.2) is 23.2 Å². The maximum absolute atomic E-state index is 7.74. The van der Waals surface area contributed by atoms with E-state index in [4.69, 9.17) is 25.9 Å². The third-order valence-electron chi connectivity index (χ3n) is 10.4. The summed E-state index contributed by atoms with van der Waals surface area (Å²) in [5.74, 6) is 1.64. The number of fused-ring (bicyclic) bond motifs is 3. The fourth-order valence-corrected chi connectivity index (χ4v) is 7.52. The molecule has 2 heterocycles. The first-order chi connectivity index (χ1) is 28.2. The molecule has 0 fully saturated rings. The average Bonchev–Trinajstić information content (AvgIpc) is 3.68. The maximum atomic E-state index is 7.74. The molecule has 0 aliphatic heterocycles. The Balaban J connectivity index is 1.08. The quantitative estimate of drug-likeness (QED) is 0.153. The minimum atomic E-state index is 0.535. The van der Waals surface area contributed by atoms with E-state index in [2.05, 4.69) is 108 Å². The van der Waals surface area contributed by atoms with Crippen molar-refractivity contribution in [3.63, 3.8) is 0 Å². The van der Waals surface area contributed by atoms with Crippen molar-refractivity contribution in [2.75, 3.05) is 0 Å². The molecule has 2 aromatic heterocycles. The van der Waals surface area contributed by atoms with Gasteiger partial charge in [0.1, 0.15) is 11.2 Å². The lowest BCUT2D eigenvalue weighted by Crippen LogP contribution is -2.00. The molecule has 0 N–H and O–H groups in total. The molecule has 8 aromatic carbocycles. The smallest absolute Gasteiger partial charge is 0.194 e. The monoisotopic (exact) mass is 728 g/mol. The Hall–Kier alpha value is -7.94. The number of benzene rings is 8. The van der Waals surface area contributed by atoms with Crippen molar-refractivity contribution in [3.05, 3.63) is 206 Å². The molecule has 57 heavy (non-hydrogen) atoms. The van der Waals surface area contributed by atoms with Crippen LogP contribution in [0.2, 0.25) is 0 Å². The molecule has 0 amide bonds. The standard InChI is InChI=1S/C52H32N4O/c1-53-46-20-9-8-18-43(46)40-16-10-17-41(32-40)51-54-50(39-28-24-37(25-29-39)35-14-6-3-7-15-35)55-52(56-51)42-30-31-45-48(33-42)57-47-21-11-19-44(49(45)47)38-26-22-36(23-27-38)34-12-4-2-5-13-34/h2-33H. The van der Waals surface area contributed by atoms with Gasteiger partial charge in [0.05, 0.1) is 6.57 Å². The largest absolute Gasteiger partial charge is 0.456 e. The van der Waals surface area contributed by atoms with Crippen molar-refractivity contribution >= 4 is 27.6 Å². The molecule has 0 saturated carbocycles. The topological polar surface area (TPSA) is 56.2 Å². The van der Waals surface area contributed by atoms with Crippen molar-refractivity contribution in [1.29, 1.82) is 0 Å². The van der Waals surface area contributed by atoms with E-state index >= 15 is 0 Å². The molecule has 10 aromatic rings. The summed E-state index contributed by atoms with van der Waals surface area (Å²) in [6.45, 7) is 7.74. The van der Waals surface area contributed by atoms with Gasteiger partial charge in [0, 0.05) is 27.5 Å². The predicted octanol–water partition coefficient (Wildman–Crippen LogP) is 14.0. The Morgan fingerprint density at radius 2 is 0.825 bits per heavy atom. The summed E-state index contributed by atoms with van der Waals surface area (Å²) >= 11 is 0. The van der Waals surface area contributed by atoms with Gasteiger partial charge in [-0.2, -0.15) is 0 Å². The van der Waals surface area contributed by atoms with Gasteiger partial charge in [-0.15, -0.1) is 0 Å². The van der Waals surface area contributed by atoms with Gasteiger partial charge in [-0.1, -0.05) is 170 Å². The number of rotatable bonds is 7. The fourth-order valence-electron chi connectivity index (χ4n) is 7.52. The molecule has 266 valence electrons. The van der Waals surface area contributed by atoms with E-state index in [1.54, 1.807) is 0 Å². The van der Waals surface area contributed by atoms with E-state index in [0.29, 0.717) is 23.2 Å². The van der Waals surface area contributed by atoms with E-state index in [1.165, 1.54) is 11.1 Å². The van der Waals surface area contributed by atoms with Crippen LogP contribution in [0.5, 0.6) is 0 Å². The van der Waals surface area contributed by atoms with Crippen LogP contribution in [-0.4, -0.2) is 15.0 Å². The number of para-hydroxylation sites is 1. The van der Waals surface area contributed by atoms with Crippen molar-refractivity contribution in [2.45, 2.75) is 0 Å². The zero-order valence-corrected chi connectivity index (χ0v) is 30.7. The van der Waals surface area contributed by atoms with Crippen molar-refractivity contribution in [1.82, 2.24) is 15.0 Å². The van der Waals surface area contributed by atoms with E-state index < -0.39 is 0 Å². The minimum Gasteiger partial charge on any atom is -0.456 e. The van der Waals surface area contributed by atoms with E-state index in [1.807, 2.05) is 91.0 Å². The Labute approximate surface area is 330 Å². The highest BCUT2D eigenvalue weighted by atomic mass is 16.3. The Morgan fingerprint density at radius 3 is 1.49 bits per heavy atom. The molecule has 0 aliphatic carbocycles. The number of furan rings is 1. The molecule has 0 spiro atoms. The SMILES string of the molecule is [C-]#[N+]c1ccccc1-c1cccc(-c2nc(-c3ccc(-c4ccccc4)cc3)nc(-c3ccc4c(c3)oc3cccc(-c5ccc(-c6ccccc6)cc5)c34)n2)c1. The van der Waals surface area contributed by atoms with Gasteiger partial charge < -0.3 is 4.42 Å². The number of hydrogen-bond acceptors (Lipinski definition) is 4. The van der Waals surface area contributed by atoms with Crippen LogP contribution in [0.25, 0.3) is 105 Å². The molecule has 0 atom stereocenters. The van der Waals surface area contributed by atoms with Crippen LogP contribution in [0, 0.1) is 6.57 Å². The number of hydrogen-bond donors (Lipinski definition) is 0. The Morgan fingerprint density at radius 1 is 0.351 bits per heavy atom. The lowest BCUT2D eigenvalue weighted by atomic mass is 9.96. The van der Waals surface area contributed by atoms with Crippen LogP contribution in [0.4, 0.5) is 5.69 Å². The summed E-state index contributed by atoms with van der Waals surface area (Å²) in [7, 11) is 0. The summed E-state index contributed by atoms with van der Waals surface area (Å²) in [5.41, 5.74) is 13.3. The van der Waals surface area contributed by atoms with Crippen LogP contribution in [0.3, 0.4) is 0 Å². The first-order valence-corrected chi connectivity index (χ1v) is 18.8. The summed E-state index contributed by atoms with van der Waals surface area (Å²) < 4.78 is 6.55. The summed E-state index contributed by atoms with van der Waals surface area (Å²) in [5, 5.41) is 2.09. The molecular formula is C52H32N4O. The van der Waals surface area contributed by atoms with Crippen molar-refractivity contribution in [2.24, 2.45) is 0 Å². The van der Waals surface area contributed by atoms with Crippen LogP contribution in [-0.2, 0) is 0 Å². The zero-order chi connectivity index (χ0) is 38.1. The Bertz CT molecular complexity index is 3110. The summed E-state index contributed by atoms with van der Waals surface area (Å²) in [6.07, 6.45) is 0. The molecule has 0 saturated heterocycles. The summed E-state index contributed by atoms with van der Waals surface area (Å²) in [4.78, 5) is 18.9. The lowest BCUT2D eigenvalue weighted by molar-refractivity contribution is 0.669. The second-order valence-electron chi connectivity index (χ2n) is 13.9. The van der Waals surface area contributed by atoms with Gasteiger partial charge in [0.2, 0.25) is 0 Å². The highest BCUT2D eigenvalue weighted by molar-refractivity contribution is 6.13. The molecule has 10 rings (SSSR count). The van der Waals surface area contributed by atoms with Crippen LogP contribution >= 0.6 is 0 Å². The van der Waals surface area contributed by atoms with Crippen LogP contribution in [0.15, 0.2) is 199 Å². The fraction of sp³-hybridized carbons (Fsp3) is 0. The van der Waals surface area contributed by atoms with Gasteiger partial charge in [-0.25, -0.2) is 19.8 Å². The molecular weight excluding hydrogens is 697 g/mol. The highest BCUT2D eigenvalue weighted by Gasteiger charge is 2.18. The van der Waals surface area contributed by atoms with Gasteiger partial charge >= 0.3 is 0 Å². The third-order valence-corrected chi connectivity index (χ3v) is 10.4. The maximum Gasteiger partial charge on any atom is 0.194 e. The summed E-state index contributed by atoms with van der Waals surface area (Å²) in [6, 6.07) is 65.9. The zero-order valence-electron chi connectivity index (χ0n) is 30.7. The molecule has 0 radical (unpaired) electrons. The molecule has 0 bridgehead atoms. The predicted molar refractivity (Wildman–Crippen MR) is 231 cm³/mol. The number of aromatic nitrogens is 3. The first-order valence-electron chi connectivity index (χ1n) is 18.8. The normalized spacial score (nSPS) is 11.1. The third kappa shape index (κ3) is 6.42. The van der Waals surface area contributed by atoms with Gasteiger partial charge in [0.25, 0.3) is 0 Å². The lowest BCUT2D eigenvalue weighted by Gasteiger charge is -2.11. The van der Waals surface area contributed by atoms with Crippen molar-refractivity contribution < 1.29 is 4.42 Å². The minimum absolute atomic E-state index is 0.535. The second-order valence-corrected chi connectivity index (χ2v) is 13.9. The first kappa shape index (κ1) is 33.6. The molecule has 5 heteroatoms. The molecule has 5 nitrogen and oxygen atoms in total.